The molecule has 0 saturated heterocycles. The van der Waals surface area contributed by atoms with Crippen LogP contribution >= 0.6 is 0 Å². The van der Waals surface area contributed by atoms with Crippen molar-refractivity contribution in [2.75, 3.05) is 0 Å². The molecule has 1 atom stereocenters. The Morgan fingerprint density at radius 2 is 1.77 bits per heavy atom. The number of pyridine rings is 2. The van der Waals surface area contributed by atoms with Crippen LogP contribution in [-0.4, -0.2) is 20.8 Å². The molecule has 3 aromatic rings. The van der Waals surface area contributed by atoms with Crippen LogP contribution in [0.15, 0.2) is 73.3 Å². The zero-order valence-electron chi connectivity index (χ0n) is 14.7. The number of hydrogen-bond donors (Lipinski definition) is 1. The van der Waals surface area contributed by atoms with Gasteiger partial charge in [0, 0.05) is 37.9 Å². The van der Waals surface area contributed by atoms with E-state index in [4.69, 9.17) is 5.73 Å². The molecular formula is C21H22N4O. The standard InChI is InChI=1S/C21H22N4O/c1-16-4-2-6-19(12-16)20(21(22)26)25(14-17-7-10-23-11-8-17)15-18-5-3-9-24-13-18/h2-13,20H,14-15H2,1H3,(H2,22,26). The molecule has 0 bridgehead atoms. The van der Waals surface area contributed by atoms with Gasteiger partial charge >= 0.3 is 0 Å². The average molecular weight is 346 g/mol. The van der Waals surface area contributed by atoms with Gasteiger partial charge < -0.3 is 5.73 Å². The van der Waals surface area contributed by atoms with Crippen LogP contribution in [-0.2, 0) is 17.9 Å². The quantitative estimate of drug-likeness (QED) is 0.714. The summed E-state index contributed by atoms with van der Waals surface area (Å²) < 4.78 is 0. The highest BCUT2D eigenvalue weighted by atomic mass is 16.1. The lowest BCUT2D eigenvalue weighted by Crippen LogP contribution is -2.37. The number of hydrogen-bond acceptors (Lipinski definition) is 4. The molecule has 0 spiro atoms. The van der Waals surface area contributed by atoms with Gasteiger partial charge in [0.1, 0.15) is 6.04 Å². The first-order valence-corrected chi connectivity index (χ1v) is 8.51. The first kappa shape index (κ1) is 17.8. The molecule has 0 aliphatic rings. The minimum atomic E-state index is -0.525. The molecule has 0 radical (unpaired) electrons. The highest BCUT2D eigenvalue weighted by Crippen LogP contribution is 2.25. The summed E-state index contributed by atoms with van der Waals surface area (Å²) in [4.78, 5) is 22.7. The van der Waals surface area contributed by atoms with E-state index < -0.39 is 6.04 Å². The van der Waals surface area contributed by atoms with Crippen molar-refractivity contribution >= 4 is 5.91 Å². The number of amides is 1. The van der Waals surface area contributed by atoms with E-state index in [-0.39, 0.29) is 5.91 Å². The van der Waals surface area contributed by atoms with Crippen LogP contribution in [0.5, 0.6) is 0 Å². The lowest BCUT2D eigenvalue weighted by Gasteiger charge is -2.30. The Morgan fingerprint density at radius 1 is 1.00 bits per heavy atom. The minimum Gasteiger partial charge on any atom is -0.368 e. The SMILES string of the molecule is Cc1cccc(C(C(N)=O)N(Cc2ccncc2)Cc2cccnc2)c1. The molecule has 3 rings (SSSR count). The van der Waals surface area contributed by atoms with E-state index in [9.17, 15) is 4.79 Å². The van der Waals surface area contributed by atoms with Crippen LogP contribution in [0.25, 0.3) is 0 Å². The summed E-state index contributed by atoms with van der Waals surface area (Å²) >= 11 is 0. The van der Waals surface area contributed by atoms with Crippen molar-refractivity contribution in [1.29, 1.82) is 0 Å². The Morgan fingerprint density at radius 3 is 2.42 bits per heavy atom. The first-order valence-electron chi connectivity index (χ1n) is 8.51. The van der Waals surface area contributed by atoms with Crippen LogP contribution in [0.3, 0.4) is 0 Å². The smallest absolute Gasteiger partial charge is 0.239 e. The molecule has 132 valence electrons. The van der Waals surface area contributed by atoms with Gasteiger partial charge in [-0.15, -0.1) is 0 Å². The molecular weight excluding hydrogens is 324 g/mol. The number of carbonyl (C=O) groups excluding carboxylic acids is 1. The Hall–Kier alpha value is -3.05. The van der Waals surface area contributed by atoms with Gasteiger partial charge in [-0.05, 0) is 41.8 Å². The zero-order valence-corrected chi connectivity index (χ0v) is 14.7. The number of nitrogens with zero attached hydrogens (tertiary/aromatic N) is 3. The van der Waals surface area contributed by atoms with E-state index in [1.165, 1.54) is 0 Å². The van der Waals surface area contributed by atoms with E-state index >= 15 is 0 Å². The minimum absolute atomic E-state index is 0.367. The second kappa shape index (κ2) is 8.36. The molecule has 2 aromatic heterocycles. The lowest BCUT2D eigenvalue weighted by molar-refractivity contribution is -0.124. The van der Waals surface area contributed by atoms with Gasteiger partial charge in [0.2, 0.25) is 5.91 Å². The second-order valence-electron chi connectivity index (χ2n) is 6.34. The summed E-state index contributed by atoms with van der Waals surface area (Å²) in [6, 6.07) is 15.2. The van der Waals surface area contributed by atoms with Gasteiger partial charge in [-0.2, -0.15) is 0 Å². The van der Waals surface area contributed by atoms with E-state index in [0.29, 0.717) is 13.1 Å². The molecule has 0 aliphatic carbocycles. The van der Waals surface area contributed by atoms with Crippen LogP contribution < -0.4 is 5.73 Å². The van der Waals surface area contributed by atoms with Crippen molar-refractivity contribution in [2.45, 2.75) is 26.1 Å². The summed E-state index contributed by atoms with van der Waals surface area (Å²) in [7, 11) is 0. The number of benzene rings is 1. The zero-order chi connectivity index (χ0) is 18.4. The van der Waals surface area contributed by atoms with Crippen molar-refractivity contribution in [3.05, 3.63) is 95.6 Å². The molecule has 1 aromatic carbocycles. The molecule has 0 aliphatic heterocycles. The normalized spacial score (nSPS) is 12.1. The van der Waals surface area contributed by atoms with Gasteiger partial charge in [0.25, 0.3) is 0 Å². The van der Waals surface area contributed by atoms with Crippen LogP contribution in [0.2, 0.25) is 0 Å². The molecule has 1 unspecified atom stereocenters. The monoisotopic (exact) mass is 346 g/mol. The number of aryl methyl sites for hydroxylation is 1. The maximum Gasteiger partial charge on any atom is 0.239 e. The molecule has 2 heterocycles. The third-order valence-electron chi connectivity index (χ3n) is 4.24. The van der Waals surface area contributed by atoms with Crippen molar-refractivity contribution in [1.82, 2.24) is 14.9 Å². The number of carbonyl (C=O) groups is 1. The summed E-state index contributed by atoms with van der Waals surface area (Å²) in [6.07, 6.45) is 7.06. The number of aromatic nitrogens is 2. The van der Waals surface area contributed by atoms with Crippen molar-refractivity contribution in [2.24, 2.45) is 5.73 Å². The summed E-state index contributed by atoms with van der Waals surface area (Å²) in [5.41, 5.74) is 9.91. The number of nitrogens with two attached hydrogens (primary N) is 1. The maximum absolute atomic E-state index is 12.4. The fourth-order valence-corrected chi connectivity index (χ4v) is 3.08. The van der Waals surface area contributed by atoms with E-state index in [1.807, 2.05) is 61.7 Å². The fraction of sp³-hybridized carbons (Fsp3) is 0.190. The van der Waals surface area contributed by atoms with Gasteiger partial charge in [0.05, 0.1) is 0 Å². The molecule has 1 amide bonds. The van der Waals surface area contributed by atoms with E-state index in [2.05, 4.69) is 14.9 Å². The number of primary amides is 1. The molecule has 0 saturated carbocycles. The third-order valence-corrected chi connectivity index (χ3v) is 4.24. The van der Waals surface area contributed by atoms with E-state index in [0.717, 1.165) is 22.3 Å². The predicted molar refractivity (Wildman–Crippen MR) is 101 cm³/mol. The van der Waals surface area contributed by atoms with Crippen molar-refractivity contribution < 1.29 is 4.79 Å². The molecule has 5 nitrogen and oxygen atoms in total. The topological polar surface area (TPSA) is 72.1 Å². The first-order chi connectivity index (χ1) is 12.6. The van der Waals surface area contributed by atoms with Crippen molar-refractivity contribution in [3.8, 4) is 0 Å². The molecule has 26 heavy (non-hydrogen) atoms. The molecule has 2 N–H and O–H groups in total. The Kier molecular flexibility index (Phi) is 5.71. The van der Waals surface area contributed by atoms with Gasteiger partial charge in [0.15, 0.2) is 0 Å². The van der Waals surface area contributed by atoms with Crippen LogP contribution in [0.4, 0.5) is 0 Å². The Labute approximate surface area is 153 Å². The predicted octanol–water partition coefficient (Wildman–Crippen LogP) is 3.01. The molecule has 5 heteroatoms. The van der Waals surface area contributed by atoms with Crippen molar-refractivity contribution in [3.63, 3.8) is 0 Å². The highest BCUT2D eigenvalue weighted by Gasteiger charge is 2.26. The average Bonchev–Trinajstić information content (AvgIpc) is 2.63. The summed E-state index contributed by atoms with van der Waals surface area (Å²) in [5.74, 6) is -0.367. The lowest BCUT2D eigenvalue weighted by atomic mass is 10.0. The van der Waals surface area contributed by atoms with Crippen LogP contribution in [0.1, 0.15) is 28.3 Å². The second-order valence-corrected chi connectivity index (χ2v) is 6.34. The molecule has 0 fully saturated rings. The Balaban J connectivity index is 1.97. The summed E-state index contributed by atoms with van der Waals surface area (Å²) in [6.45, 7) is 3.16. The largest absolute Gasteiger partial charge is 0.368 e. The van der Waals surface area contributed by atoms with Gasteiger partial charge in [-0.25, -0.2) is 0 Å². The fourth-order valence-electron chi connectivity index (χ4n) is 3.08. The van der Waals surface area contributed by atoms with Gasteiger partial charge in [-0.1, -0.05) is 35.9 Å². The number of rotatable bonds is 7. The summed E-state index contributed by atoms with van der Waals surface area (Å²) in [5, 5.41) is 0. The Bertz CT molecular complexity index is 811. The van der Waals surface area contributed by atoms with E-state index in [1.54, 1.807) is 18.6 Å². The maximum atomic E-state index is 12.4. The van der Waals surface area contributed by atoms with Gasteiger partial charge in [-0.3, -0.25) is 19.7 Å². The highest BCUT2D eigenvalue weighted by molar-refractivity contribution is 5.81. The third kappa shape index (κ3) is 4.52. The van der Waals surface area contributed by atoms with Crippen LogP contribution in [0, 0.1) is 6.92 Å².